The third-order valence-corrected chi connectivity index (χ3v) is 2.96. The summed E-state index contributed by atoms with van der Waals surface area (Å²) in [5, 5.41) is 1.11. The number of carbonyl (C=O) groups excluding carboxylic acids is 1. The van der Waals surface area contributed by atoms with E-state index < -0.39 is 0 Å². The van der Waals surface area contributed by atoms with Crippen LogP contribution >= 0.6 is 15.9 Å². The zero-order valence-electron chi connectivity index (χ0n) is 10.2. The molecule has 0 aromatic heterocycles. The van der Waals surface area contributed by atoms with Crippen LogP contribution in [0.5, 0.6) is 0 Å². The highest BCUT2D eigenvalue weighted by molar-refractivity contribution is 9.09. The van der Waals surface area contributed by atoms with Crippen molar-refractivity contribution in [1.82, 2.24) is 0 Å². The maximum atomic E-state index is 10.8. The summed E-state index contributed by atoms with van der Waals surface area (Å²) in [7, 11) is 1.44. The number of rotatable bonds is 10. The molecule has 0 amide bonds. The van der Waals surface area contributed by atoms with Crippen molar-refractivity contribution in [3.63, 3.8) is 0 Å². The third-order valence-electron chi connectivity index (χ3n) is 2.40. The van der Waals surface area contributed by atoms with E-state index in [2.05, 4.69) is 32.8 Å². The molecule has 0 spiro atoms. The number of halogens is 1. The average Bonchev–Trinajstić information content (AvgIpc) is 2.31. The second kappa shape index (κ2) is 12.8. The molecule has 0 bridgehead atoms. The van der Waals surface area contributed by atoms with Gasteiger partial charge in [-0.15, -0.1) is 0 Å². The van der Waals surface area contributed by atoms with E-state index in [0.717, 1.165) is 24.6 Å². The van der Waals surface area contributed by atoms with E-state index in [-0.39, 0.29) is 5.97 Å². The topological polar surface area (TPSA) is 26.3 Å². The Morgan fingerprint density at radius 2 is 1.69 bits per heavy atom. The Balaban J connectivity index is 3.11. The van der Waals surface area contributed by atoms with Gasteiger partial charge in [-0.1, -0.05) is 34.5 Å². The van der Waals surface area contributed by atoms with Gasteiger partial charge in [0.15, 0.2) is 0 Å². The summed E-state index contributed by atoms with van der Waals surface area (Å²) in [6, 6.07) is 0. The standard InChI is InChI=1S/C13H23BrO2/c1-16-13(15)11-9-7-5-3-2-4-6-8-10-12-14/h2,4H,3,5-12H2,1H3/b4-2+. The number of hydrogen-bond acceptors (Lipinski definition) is 2. The SMILES string of the molecule is COC(=O)CCCCC/C=C/CCCCBr. The molecule has 0 aliphatic carbocycles. The Morgan fingerprint density at radius 3 is 2.25 bits per heavy atom. The van der Waals surface area contributed by atoms with Gasteiger partial charge in [0.2, 0.25) is 0 Å². The first kappa shape index (κ1) is 15.7. The van der Waals surface area contributed by atoms with Crippen LogP contribution in [0.2, 0.25) is 0 Å². The van der Waals surface area contributed by atoms with Crippen molar-refractivity contribution in [3.05, 3.63) is 12.2 Å². The minimum Gasteiger partial charge on any atom is -0.469 e. The highest BCUT2D eigenvalue weighted by atomic mass is 79.9. The summed E-state index contributed by atoms with van der Waals surface area (Å²) in [6.45, 7) is 0. The molecule has 3 heteroatoms. The van der Waals surface area contributed by atoms with Gasteiger partial charge in [-0.3, -0.25) is 4.79 Å². The summed E-state index contributed by atoms with van der Waals surface area (Å²) in [4.78, 5) is 10.8. The Morgan fingerprint density at radius 1 is 1.06 bits per heavy atom. The summed E-state index contributed by atoms with van der Waals surface area (Å²) >= 11 is 3.42. The Labute approximate surface area is 108 Å². The van der Waals surface area contributed by atoms with Crippen LogP contribution in [-0.2, 0) is 9.53 Å². The van der Waals surface area contributed by atoms with E-state index in [1.165, 1.54) is 32.8 Å². The summed E-state index contributed by atoms with van der Waals surface area (Å²) in [5.74, 6) is -0.0923. The Kier molecular flexibility index (Phi) is 12.5. The van der Waals surface area contributed by atoms with Crippen LogP contribution in [0.3, 0.4) is 0 Å². The number of carbonyl (C=O) groups is 1. The molecule has 0 heterocycles. The molecule has 0 aliphatic heterocycles. The highest BCUT2D eigenvalue weighted by Crippen LogP contribution is 2.06. The first-order valence-corrected chi connectivity index (χ1v) is 7.21. The zero-order valence-corrected chi connectivity index (χ0v) is 11.8. The van der Waals surface area contributed by atoms with Crippen LogP contribution in [0.4, 0.5) is 0 Å². The number of methoxy groups -OCH3 is 1. The van der Waals surface area contributed by atoms with E-state index in [1.807, 2.05) is 0 Å². The van der Waals surface area contributed by atoms with Crippen LogP contribution in [0.25, 0.3) is 0 Å². The van der Waals surface area contributed by atoms with Gasteiger partial charge in [0.25, 0.3) is 0 Å². The number of ether oxygens (including phenoxy) is 1. The minimum absolute atomic E-state index is 0.0923. The fraction of sp³-hybridized carbons (Fsp3) is 0.769. The van der Waals surface area contributed by atoms with Crippen LogP contribution in [0.1, 0.15) is 51.4 Å². The van der Waals surface area contributed by atoms with E-state index in [9.17, 15) is 4.79 Å². The van der Waals surface area contributed by atoms with Gasteiger partial charge in [-0.2, -0.15) is 0 Å². The van der Waals surface area contributed by atoms with Gasteiger partial charge >= 0.3 is 5.97 Å². The second-order valence-corrected chi connectivity index (χ2v) is 4.62. The molecular formula is C13H23BrO2. The number of alkyl halides is 1. The average molecular weight is 291 g/mol. The number of esters is 1. The van der Waals surface area contributed by atoms with Crippen molar-refractivity contribution in [3.8, 4) is 0 Å². The minimum atomic E-state index is -0.0923. The first-order chi connectivity index (χ1) is 7.81. The fourth-order valence-corrected chi connectivity index (χ4v) is 1.80. The monoisotopic (exact) mass is 290 g/mol. The van der Waals surface area contributed by atoms with Crippen LogP contribution in [0.15, 0.2) is 12.2 Å². The van der Waals surface area contributed by atoms with E-state index in [4.69, 9.17) is 0 Å². The molecule has 0 N–H and O–H groups in total. The molecule has 0 saturated carbocycles. The molecule has 16 heavy (non-hydrogen) atoms. The number of allylic oxidation sites excluding steroid dienone is 2. The molecule has 0 saturated heterocycles. The zero-order chi connectivity index (χ0) is 12.1. The number of unbranched alkanes of at least 4 members (excludes halogenated alkanes) is 5. The molecule has 94 valence electrons. The van der Waals surface area contributed by atoms with Crippen molar-refractivity contribution in [2.24, 2.45) is 0 Å². The quantitative estimate of drug-likeness (QED) is 0.260. The van der Waals surface area contributed by atoms with Gasteiger partial charge in [0.1, 0.15) is 0 Å². The van der Waals surface area contributed by atoms with E-state index in [1.54, 1.807) is 0 Å². The maximum absolute atomic E-state index is 10.8. The van der Waals surface area contributed by atoms with E-state index >= 15 is 0 Å². The maximum Gasteiger partial charge on any atom is 0.305 e. The molecule has 0 fully saturated rings. The van der Waals surface area contributed by atoms with Crippen molar-refractivity contribution in [2.45, 2.75) is 51.4 Å². The van der Waals surface area contributed by atoms with Gasteiger partial charge in [0.05, 0.1) is 7.11 Å². The lowest BCUT2D eigenvalue weighted by Crippen LogP contribution is -1.98. The summed E-state index contributed by atoms with van der Waals surface area (Å²) in [6.07, 6.45) is 13.2. The van der Waals surface area contributed by atoms with Crippen molar-refractivity contribution >= 4 is 21.9 Å². The second-order valence-electron chi connectivity index (χ2n) is 3.83. The third kappa shape index (κ3) is 11.8. The van der Waals surface area contributed by atoms with Crippen LogP contribution < -0.4 is 0 Å². The van der Waals surface area contributed by atoms with Gasteiger partial charge in [0, 0.05) is 11.8 Å². The predicted molar refractivity (Wildman–Crippen MR) is 71.9 cm³/mol. The van der Waals surface area contributed by atoms with Crippen molar-refractivity contribution in [1.29, 1.82) is 0 Å². The molecule has 0 atom stereocenters. The lowest BCUT2D eigenvalue weighted by molar-refractivity contribution is -0.140. The Bertz CT molecular complexity index is 190. The van der Waals surface area contributed by atoms with Crippen molar-refractivity contribution < 1.29 is 9.53 Å². The lowest BCUT2D eigenvalue weighted by Gasteiger charge is -1.98. The summed E-state index contributed by atoms with van der Waals surface area (Å²) in [5.41, 5.74) is 0. The molecular weight excluding hydrogens is 268 g/mol. The van der Waals surface area contributed by atoms with Crippen molar-refractivity contribution in [2.75, 3.05) is 12.4 Å². The molecule has 0 rings (SSSR count). The highest BCUT2D eigenvalue weighted by Gasteiger charge is 1.97. The lowest BCUT2D eigenvalue weighted by atomic mass is 10.1. The normalized spacial score (nSPS) is 10.9. The smallest absolute Gasteiger partial charge is 0.305 e. The van der Waals surface area contributed by atoms with Gasteiger partial charge in [-0.25, -0.2) is 0 Å². The number of hydrogen-bond donors (Lipinski definition) is 0. The largest absolute Gasteiger partial charge is 0.469 e. The molecule has 0 unspecified atom stereocenters. The van der Waals surface area contributed by atoms with E-state index in [0.29, 0.717) is 6.42 Å². The molecule has 0 aromatic rings. The molecule has 0 radical (unpaired) electrons. The Hall–Kier alpha value is -0.310. The molecule has 0 aliphatic rings. The molecule has 0 aromatic carbocycles. The summed E-state index contributed by atoms with van der Waals surface area (Å²) < 4.78 is 4.58. The van der Waals surface area contributed by atoms with Crippen LogP contribution in [0, 0.1) is 0 Å². The first-order valence-electron chi connectivity index (χ1n) is 6.09. The fourth-order valence-electron chi connectivity index (χ4n) is 1.40. The van der Waals surface area contributed by atoms with Gasteiger partial charge < -0.3 is 4.74 Å². The predicted octanol–water partition coefficient (Wildman–Crippen LogP) is 4.23. The van der Waals surface area contributed by atoms with Gasteiger partial charge in [-0.05, 0) is 38.5 Å². The molecule has 2 nitrogen and oxygen atoms in total. The van der Waals surface area contributed by atoms with Crippen LogP contribution in [-0.4, -0.2) is 18.4 Å².